The highest BCUT2D eigenvalue weighted by molar-refractivity contribution is 6.31. The van der Waals surface area contributed by atoms with Crippen molar-refractivity contribution < 1.29 is 23.8 Å². The molecule has 150 valence electrons. The van der Waals surface area contributed by atoms with Gasteiger partial charge in [0.1, 0.15) is 0 Å². The summed E-state index contributed by atoms with van der Waals surface area (Å²) in [7, 11) is 1.34. The Kier molecular flexibility index (Phi) is 8.50. The van der Waals surface area contributed by atoms with Crippen LogP contribution in [0, 0.1) is 11.8 Å². The standard InChI is InChI=1S/C19H27ClN2O5/c1-3-27-19(24)17-15(11-26-9-8-21)22-10-13(18(23)25-2)16(17)12-6-4-5-7-14(12)20/h4-7,13,15-17,22H,3,8-11,21H2,1-2H3. The normalized spacial score (nSPS) is 25.0. The maximum atomic E-state index is 12.9. The van der Waals surface area contributed by atoms with Gasteiger partial charge in [0.05, 0.1) is 38.8 Å². The molecule has 1 aromatic rings. The summed E-state index contributed by atoms with van der Waals surface area (Å²) >= 11 is 6.42. The molecule has 0 bridgehead atoms. The lowest BCUT2D eigenvalue weighted by Gasteiger charge is -2.41. The molecule has 0 aliphatic carbocycles. The molecule has 2 rings (SSSR count). The minimum atomic E-state index is -0.652. The van der Waals surface area contributed by atoms with Gasteiger partial charge >= 0.3 is 11.9 Å². The van der Waals surface area contributed by atoms with Gasteiger partial charge in [0, 0.05) is 30.1 Å². The van der Waals surface area contributed by atoms with Crippen molar-refractivity contribution in [2.45, 2.75) is 18.9 Å². The average molecular weight is 399 g/mol. The van der Waals surface area contributed by atoms with Crippen LogP contribution >= 0.6 is 11.6 Å². The van der Waals surface area contributed by atoms with Gasteiger partial charge in [-0.2, -0.15) is 0 Å². The van der Waals surface area contributed by atoms with Gasteiger partial charge in [0.25, 0.3) is 0 Å². The Morgan fingerprint density at radius 3 is 2.67 bits per heavy atom. The van der Waals surface area contributed by atoms with Crippen LogP contribution in [-0.4, -0.2) is 58.0 Å². The van der Waals surface area contributed by atoms with Crippen LogP contribution in [0.2, 0.25) is 5.02 Å². The van der Waals surface area contributed by atoms with E-state index in [-0.39, 0.29) is 19.3 Å². The van der Waals surface area contributed by atoms with Crippen LogP contribution in [0.15, 0.2) is 24.3 Å². The summed E-state index contributed by atoms with van der Waals surface area (Å²) in [5, 5.41) is 3.74. The van der Waals surface area contributed by atoms with E-state index in [1.165, 1.54) is 7.11 Å². The summed E-state index contributed by atoms with van der Waals surface area (Å²) in [5.41, 5.74) is 6.21. The van der Waals surface area contributed by atoms with E-state index < -0.39 is 29.7 Å². The Balaban J connectivity index is 2.45. The largest absolute Gasteiger partial charge is 0.469 e. The highest BCUT2D eigenvalue weighted by Gasteiger charge is 2.48. The lowest BCUT2D eigenvalue weighted by atomic mass is 9.70. The molecule has 4 unspecified atom stereocenters. The maximum Gasteiger partial charge on any atom is 0.311 e. The highest BCUT2D eigenvalue weighted by atomic mass is 35.5. The topological polar surface area (TPSA) is 99.9 Å². The van der Waals surface area contributed by atoms with Gasteiger partial charge in [0.15, 0.2) is 0 Å². The first-order valence-corrected chi connectivity index (χ1v) is 9.43. The SMILES string of the molecule is CCOC(=O)C1C(COCCN)NCC(C(=O)OC)C1c1ccccc1Cl. The second-order valence-electron chi connectivity index (χ2n) is 6.33. The lowest BCUT2D eigenvalue weighted by molar-refractivity contribution is -0.156. The zero-order chi connectivity index (χ0) is 19.8. The zero-order valence-corrected chi connectivity index (χ0v) is 16.4. The molecule has 0 saturated carbocycles. The molecule has 0 spiro atoms. The molecule has 27 heavy (non-hydrogen) atoms. The van der Waals surface area contributed by atoms with Gasteiger partial charge in [-0.05, 0) is 18.6 Å². The number of benzene rings is 1. The van der Waals surface area contributed by atoms with E-state index in [2.05, 4.69) is 5.32 Å². The molecule has 0 aromatic heterocycles. The molecule has 1 aliphatic rings. The third-order valence-electron chi connectivity index (χ3n) is 4.74. The zero-order valence-electron chi connectivity index (χ0n) is 15.7. The van der Waals surface area contributed by atoms with Crippen molar-refractivity contribution in [2.24, 2.45) is 17.6 Å². The number of nitrogens with two attached hydrogens (primary N) is 1. The Labute approximate surface area is 164 Å². The Morgan fingerprint density at radius 1 is 1.30 bits per heavy atom. The number of hydrogen-bond acceptors (Lipinski definition) is 7. The minimum Gasteiger partial charge on any atom is -0.469 e. The Hall–Kier alpha value is -1.67. The Morgan fingerprint density at radius 2 is 2.04 bits per heavy atom. The van der Waals surface area contributed by atoms with Gasteiger partial charge in [0.2, 0.25) is 0 Å². The lowest BCUT2D eigenvalue weighted by Crippen LogP contribution is -2.56. The van der Waals surface area contributed by atoms with Crippen molar-refractivity contribution >= 4 is 23.5 Å². The van der Waals surface area contributed by atoms with Crippen LogP contribution in [0.3, 0.4) is 0 Å². The molecule has 4 atom stereocenters. The van der Waals surface area contributed by atoms with Crippen LogP contribution < -0.4 is 11.1 Å². The summed E-state index contributed by atoms with van der Waals surface area (Å²) in [5.74, 6) is -2.51. The van der Waals surface area contributed by atoms with E-state index in [1.54, 1.807) is 19.1 Å². The number of methoxy groups -OCH3 is 1. The molecular weight excluding hydrogens is 372 g/mol. The molecule has 1 fully saturated rings. The first kappa shape index (κ1) is 21.6. The highest BCUT2D eigenvalue weighted by Crippen LogP contribution is 2.41. The number of carbonyl (C=O) groups excluding carboxylic acids is 2. The Bertz CT molecular complexity index is 642. The quantitative estimate of drug-likeness (QED) is 0.503. The fourth-order valence-electron chi connectivity index (χ4n) is 3.58. The third kappa shape index (κ3) is 5.19. The number of hydrogen-bond donors (Lipinski definition) is 2. The monoisotopic (exact) mass is 398 g/mol. The fourth-order valence-corrected chi connectivity index (χ4v) is 3.84. The summed E-state index contributed by atoms with van der Waals surface area (Å²) in [6, 6.07) is 6.88. The minimum absolute atomic E-state index is 0.240. The number of halogens is 1. The van der Waals surface area contributed by atoms with E-state index in [9.17, 15) is 9.59 Å². The van der Waals surface area contributed by atoms with Crippen LogP contribution in [-0.2, 0) is 23.8 Å². The van der Waals surface area contributed by atoms with E-state index in [4.69, 9.17) is 31.5 Å². The second kappa shape index (κ2) is 10.6. The second-order valence-corrected chi connectivity index (χ2v) is 6.74. The molecule has 1 aromatic carbocycles. The van der Waals surface area contributed by atoms with E-state index in [1.807, 2.05) is 12.1 Å². The number of nitrogens with one attached hydrogen (secondary N) is 1. The molecule has 0 radical (unpaired) electrons. The maximum absolute atomic E-state index is 12.9. The van der Waals surface area contributed by atoms with Crippen LogP contribution in [0.5, 0.6) is 0 Å². The summed E-state index contributed by atoms with van der Waals surface area (Å²) in [6.07, 6.45) is 0. The molecule has 8 heteroatoms. The van der Waals surface area contributed by atoms with Gasteiger partial charge in [-0.15, -0.1) is 0 Å². The van der Waals surface area contributed by atoms with Crippen LogP contribution in [0.1, 0.15) is 18.4 Å². The number of carbonyl (C=O) groups is 2. The molecule has 3 N–H and O–H groups in total. The van der Waals surface area contributed by atoms with Crippen molar-refractivity contribution in [1.29, 1.82) is 0 Å². The number of ether oxygens (including phenoxy) is 3. The molecular formula is C19H27ClN2O5. The van der Waals surface area contributed by atoms with Crippen molar-refractivity contribution in [3.05, 3.63) is 34.9 Å². The van der Waals surface area contributed by atoms with Crippen LogP contribution in [0.25, 0.3) is 0 Å². The van der Waals surface area contributed by atoms with E-state index in [0.717, 1.165) is 5.56 Å². The summed E-state index contributed by atoms with van der Waals surface area (Å²) in [6.45, 7) is 3.37. The number of esters is 2. The van der Waals surface area contributed by atoms with Crippen molar-refractivity contribution in [1.82, 2.24) is 5.32 Å². The van der Waals surface area contributed by atoms with E-state index in [0.29, 0.717) is 24.7 Å². The van der Waals surface area contributed by atoms with Gasteiger partial charge < -0.3 is 25.3 Å². The number of piperidine rings is 1. The van der Waals surface area contributed by atoms with Crippen molar-refractivity contribution in [2.75, 3.05) is 40.0 Å². The summed E-state index contributed by atoms with van der Waals surface area (Å²) < 4.78 is 15.9. The van der Waals surface area contributed by atoms with Crippen molar-refractivity contribution in [3.63, 3.8) is 0 Å². The van der Waals surface area contributed by atoms with Gasteiger partial charge in [-0.1, -0.05) is 29.8 Å². The average Bonchev–Trinajstić information content (AvgIpc) is 2.67. The third-order valence-corrected chi connectivity index (χ3v) is 5.08. The molecule has 0 amide bonds. The van der Waals surface area contributed by atoms with Crippen molar-refractivity contribution in [3.8, 4) is 0 Å². The van der Waals surface area contributed by atoms with Crippen LogP contribution in [0.4, 0.5) is 0 Å². The molecule has 1 saturated heterocycles. The fraction of sp³-hybridized carbons (Fsp3) is 0.579. The van der Waals surface area contributed by atoms with E-state index >= 15 is 0 Å². The predicted octanol–water partition coefficient (Wildman–Crippen LogP) is 1.34. The first-order chi connectivity index (χ1) is 13.0. The predicted molar refractivity (Wildman–Crippen MR) is 101 cm³/mol. The molecule has 7 nitrogen and oxygen atoms in total. The number of rotatable bonds is 8. The smallest absolute Gasteiger partial charge is 0.311 e. The van der Waals surface area contributed by atoms with Gasteiger partial charge in [-0.25, -0.2) is 0 Å². The molecule has 1 aliphatic heterocycles. The van der Waals surface area contributed by atoms with Gasteiger partial charge in [-0.3, -0.25) is 9.59 Å². The first-order valence-electron chi connectivity index (χ1n) is 9.05. The summed E-state index contributed by atoms with van der Waals surface area (Å²) in [4.78, 5) is 25.3. The molecule has 1 heterocycles.